The van der Waals surface area contributed by atoms with E-state index in [1.807, 2.05) is 12.1 Å². The number of aromatic amines is 1. The molecule has 28 heavy (non-hydrogen) atoms. The second kappa shape index (κ2) is 7.18. The Kier molecular flexibility index (Phi) is 4.85. The Morgan fingerprint density at radius 3 is 2.46 bits per heavy atom. The predicted molar refractivity (Wildman–Crippen MR) is 107 cm³/mol. The normalized spacial score (nSPS) is 22.8. The molecule has 0 spiro atoms. The van der Waals surface area contributed by atoms with Crippen molar-refractivity contribution in [2.75, 3.05) is 0 Å². The SMILES string of the molecule is CC(C)(C)c1cc(C(=O)NC2CCC(n3nc(C4CC4)ccc3=O)CC2)n[nH]1. The third kappa shape index (κ3) is 4.03. The largest absolute Gasteiger partial charge is 0.348 e. The average molecular weight is 383 g/mol. The van der Waals surface area contributed by atoms with Gasteiger partial charge in [-0.3, -0.25) is 14.7 Å². The number of carbonyl (C=O) groups is 1. The first-order valence-corrected chi connectivity index (χ1v) is 10.3. The maximum atomic E-state index is 12.5. The van der Waals surface area contributed by atoms with Gasteiger partial charge in [-0.25, -0.2) is 4.68 Å². The number of rotatable bonds is 4. The van der Waals surface area contributed by atoms with Gasteiger partial charge >= 0.3 is 0 Å². The Hall–Kier alpha value is -2.44. The van der Waals surface area contributed by atoms with Gasteiger partial charge in [0.25, 0.3) is 11.5 Å². The molecule has 2 fully saturated rings. The molecular weight excluding hydrogens is 354 g/mol. The Labute approximate surface area is 164 Å². The summed E-state index contributed by atoms with van der Waals surface area (Å²) in [6, 6.07) is 5.59. The summed E-state index contributed by atoms with van der Waals surface area (Å²) in [7, 11) is 0. The third-order valence-corrected chi connectivity index (χ3v) is 5.84. The van der Waals surface area contributed by atoms with E-state index in [-0.39, 0.29) is 29.0 Å². The molecule has 2 heterocycles. The summed E-state index contributed by atoms with van der Waals surface area (Å²) in [5.41, 5.74) is 2.33. The van der Waals surface area contributed by atoms with Crippen LogP contribution >= 0.6 is 0 Å². The molecule has 0 aromatic carbocycles. The van der Waals surface area contributed by atoms with Gasteiger partial charge in [-0.15, -0.1) is 0 Å². The van der Waals surface area contributed by atoms with Crippen LogP contribution in [0.25, 0.3) is 0 Å². The molecular formula is C21H29N5O2. The van der Waals surface area contributed by atoms with Crippen molar-refractivity contribution < 1.29 is 4.79 Å². The lowest BCUT2D eigenvalue weighted by Gasteiger charge is -2.29. The zero-order valence-electron chi connectivity index (χ0n) is 16.9. The summed E-state index contributed by atoms with van der Waals surface area (Å²) >= 11 is 0. The maximum Gasteiger partial charge on any atom is 0.271 e. The van der Waals surface area contributed by atoms with Crippen LogP contribution in [0.2, 0.25) is 0 Å². The molecule has 2 aromatic heterocycles. The second-order valence-corrected chi connectivity index (χ2v) is 9.21. The maximum absolute atomic E-state index is 12.5. The van der Waals surface area contributed by atoms with E-state index in [1.54, 1.807) is 10.7 Å². The summed E-state index contributed by atoms with van der Waals surface area (Å²) in [5, 5.41) is 14.8. The van der Waals surface area contributed by atoms with E-state index in [2.05, 4.69) is 41.4 Å². The highest BCUT2D eigenvalue weighted by molar-refractivity contribution is 5.92. The minimum Gasteiger partial charge on any atom is -0.348 e. The van der Waals surface area contributed by atoms with Crippen LogP contribution in [-0.2, 0) is 5.41 Å². The standard InChI is InChI=1S/C21H29N5O2/c1-21(2,3)18-12-17(23-24-18)20(28)22-14-6-8-15(9-7-14)26-19(27)11-10-16(25-26)13-4-5-13/h10-15H,4-9H2,1-3H3,(H,22,28)(H,23,24). The van der Waals surface area contributed by atoms with E-state index in [9.17, 15) is 9.59 Å². The third-order valence-electron chi connectivity index (χ3n) is 5.84. The monoisotopic (exact) mass is 383 g/mol. The number of nitrogens with one attached hydrogen (secondary N) is 2. The summed E-state index contributed by atoms with van der Waals surface area (Å²) in [5.74, 6) is 0.399. The molecule has 150 valence electrons. The number of hydrogen-bond donors (Lipinski definition) is 2. The van der Waals surface area contributed by atoms with Crippen LogP contribution < -0.4 is 10.9 Å². The molecule has 0 atom stereocenters. The van der Waals surface area contributed by atoms with Crippen LogP contribution in [0, 0.1) is 0 Å². The molecule has 0 aliphatic heterocycles. The van der Waals surface area contributed by atoms with Crippen molar-refractivity contribution in [3.05, 3.63) is 45.6 Å². The lowest BCUT2D eigenvalue weighted by atomic mass is 9.91. The van der Waals surface area contributed by atoms with E-state index in [1.165, 1.54) is 12.8 Å². The number of carbonyl (C=O) groups excluding carboxylic acids is 1. The van der Waals surface area contributed by atoms with E-state index in [0.717, 1.165) is 37.1 Å². The van der Waals surface area contributed by atoms with Crippen molar-refractivity contribution in [2.45, 2.75) is 82.7 Å². The van der Waals surface area contributed by atoms with Crippen LogP contribution in [0.4, 0.5) is 0 Å². The van der Waals surface area contributed by atoms with Crippen molar-refractivity contribution in [1.29, 1.82) is 0 Å². The molecule has 0 saturated heterocycles. The Bertz CT molecular complexity index is 911. The number of aromatic nitrogens is 4. The van der Waals surface area contributed by atoms with Gasteiger partial charge in [0, 0.05) is 29.1 Å². The van der Waals surface area contributed by atoms with Crippen molar-refractivity contribution in [1.82, 2.24) is 25.3 Å². The molecule has 2 N–H and O–H groups in total. The van der Waals surface area contributed by atoms with Crippen LogP contribution in [-0.4, -0.2) is 31.9 Å². The molecule has 4 rings (SSSR count). The Morgan fingerprint density at radius 1 is 1.14 bits per heavy atom. The van der Waals surface area contributed by atoms with Gasteiger partial charge in [0.05, 0.1) is 11.7 Å². The zero-order chi connectivity index (χ0) is 19.9. The smallest absolute Gasteiger partial charge is 0.271 e. The molecule has 1 amide bonds. The first kappa shape index (κ1) is 18.9. The fourth-order valence-electron chi connectivity index (χ4n) is 3.84. The van der Waals surface area contributed by atoms with E-state index >= 15 is 0 Å². The molecule has 0 bridgehead atoms. The quantitative estimate of drug-likeness (QED) is 0.849. The van der Waals surface area contributed by atoms with Crippen LogP contribution in [0.15, 0.2) is 23.0 Å². The van der Waals surface area contributed by atoms with Crippen molar-refractivity contribution in [2.24, 2.45) is 0 Å². The first-order valence-electron chi connectivity index (χ1n) is 10.3. The minimum absolute atomic E-state index is 0.0249. The summed E-state index contributed by atoms with van der Waals surface area (Å²) < 4.78 is 1.68. The molecule has 0 unspecified atom stereocenters. The van der Waals surface area contributed by atoms with Gasteiger partial charge < -0.3 is 5.32 Å². The van der Waals surface area contributed by atoms with Gasteiger partial charge in [0.1, 0.15) is 5.69 Å². The van der Waals surface area contributed by atoms with Crippen LogP contribution in [0.5, 0.6) is 0 Å². The summed E-state index contributed by atoms with van der Waals surface area (Å²) in [6.07, 6.45) is 5.73. The molecule has 7 nitrogen and oxygen atoms in total. The van der Waals surface area contributed by atoms with Gasteiger partial charge in [-0.1, -0.05) is 20.8 Å². The summed E-state index contributed by atoms with van der Waals surface area (Å²) in [6.45, 7) is 6.24. The lowest BCUT2D eigenvalue weighted by molar-refractivity contribution is 0.0916. The Balaban J connectivity index is 1.35. The molecule has 2 aliphatic rings. The zero-order valence-corrected chi connectivity index (χ0v) is 16.9. The molecule has 2 aliphatic carbocycles. The van der Waals surface area contributed by atoms with Gasteiger partial charge in [0.2, 0.25) is 0 Å². The predicted octanol–water partition coefficient (Wildman–Crippen LogP) is 3.06. The van der Waals surface area contributed by atoms with Crippen LogP contribution in [0.3, 0.4) is 0 Å². The highest BCUT2D eigenvalue weighted by Gasteiger charge is 2.29. The lowest BCUT2D eigenvalue weighted by Crippen LogP contribution is -2.39. The van der Waals surface area contributed by atoms with Gasteiger partial charge in [0.15, 0.2) is 0 Å². The van der Waals surface area contributed by atoms with Gasteiger partial charge in [-0.2, -0.15) is 10.2 Å². The fraction of sp³-hybridized carbons (Fsp3) is 0.619. The van der Waals surface area contributed by atoms with Crippen molar-refractivity contribution >= 4 is 5.91 Å². The first-order chi connectivity index (χ1) is 13.3. The molecule has 2 aromatic rings. The second-order valence-electron chi connectivity index (χ2n) is 9.21. The van der Waals surface area contributed by atoms with Crippen LogP contribution in [0.1, 0.15) is 93.1 Å². The Morgan fingerprint density at radius 2 is 1.86 bits per heavy atom. The highest BCUT2D eigenvalue weighted by Crippen LogP contribution is 2.38. The average Bonchev–Trinajstić information content (AvgIpc) is 3.37. The number of nitrogens with zero attached hydrogens (tertiary/aromatic N) is 3. The molecule has 2 saturated carbocycles. The topological polar surface area (TPSA) is 92.7 Å². The summed E-state index contributed by atoms with van der Waals surface area (Å²) in [4.78, 5) is 24.8. The fourth-order valence-corrected chi connectivity index (χ4v) is 3.84. The number of hydrogen-bond acceptors (Lipinski definition) is 4. The van der Waals surface area contributed by atoms with Gasteiger partial charge in [-0.05, 0) is 50.7 Å². The number of H-pyrrole nitrogens is 1. The molecule has 7 heteroatoms. The number of amides is 1. The van der Waals surface area contributed by atoms with E-state index in [4.69, 9.17) is 0 Å². The minimum atomic E-state index is -0.138. The van der Waals surface area contributed by atoms with Crippen molar-refractivity contribution in [3.8, 4) is 0 Å². The van der Waals surface area contributed by atoms with Crippen molar-refractivity contribution in [3.63, 3.8) is 0 Å². The van der Waals surface area contributed by atoms with E-state index in [0.29, 0.717) is 11.6 Å². The van der Waals surface area contributed by atoms with E-state index < -0.39 is 0 Å². The molecule has 0 radical (unpaired) electrons. The highest BCUT2D eigenvalue weighted by atomic mass is 16.2.